The molecule has 6 nitrogen and oxygen atoms in total. The first-order valence-corrected chi connectivity index (χ1v) is 10.8. The molecule has 1 atom stereocenters. The molecule has 1 unspecified atom stereocenters. The lowest BCUT2D eigenvalue weighted by molar-refractivity contribution is 0.137. The molecule has 0 saturated carbocycles. The third-order valence-electron chi connectivity index (χ3n) is 6.27. The van der Waals surface area contributed by atoms with Crippen LogP contribution in [-0.4, -0.2) is 47.0 Å². The summed E-state index contributed by atoms with van der Waals surface area (Å²) in [7, 11) is 3.85. The molecule has 0 amide bonds. The van der Waals surface area contributed by atoms with E-state index in [0.717, 1.165) is 62.1 Å². The number of fused-ring (bicyclic) bond motifs is 3. The quantitative estimate of drug-likeness (QED) is 0.739. The maximum Gasteiger partial charge on any atom is 0.255 e. The molecule has 3 aromatic rings. The van der Waals surface area contributed by atoms with Crippen molar-refractivity contribution in [3.63, 3.8) is 0 Å². The van der Waals surface area contributed by atoms with Crippen molar-refractivity contribution in [2.45, 2.75) is 37.6 Å². The van der Waals surface area contributed by atoms with E-state index >= 15 is 0 Å². The van der Waals surface area contributed by atoms with Gasteiger partial charge in [-0.3, -0.25) is 14.7 Å². The maximum absolute atomic E-state index is 12.6. The molecule has 7 heteroatoms. The molecule has 2 aromatic heterocycles. The van der Waals surface area contributed by atoms with Gasteiger partial charge in [0.1, 0.15) is 0 Å². The molecule has 3 heterocycles. The molecule has 1 aromatic carbocycles. The molecule has 1 N–H and O–H groups in total. The van der Waals surface area contributed by atoms with Gasteiger partial charge in [0, 0.05) is 38.2 Å². The number of nitrogens with zero attached hydrogens (tertiary/aromatic N) is 4. The number of aromatic nitrogens is 3. The number of hydrogen-bond acceptors (Lipinski definition) is 6. The van der Waals surface area contributed by atoms with Crippen molar-refractivity contribution < 1.29 is 0 Å². The lowest BCUT2D eigenvalue weighted by atomic mass is 9.77. The lowest BCUT2D eigenvalue weighted by Crippen LogP contribution is -2.45. The summed E-state index contributed by atoms with van der Waals surface area (Å²) in [6.07, 6.45) is 4.12. The zero-order valence-electron chi connectivity index (χ0n) is 16.4. The first kappa shape index (κ1) is 17.8. The number of likely N-dealkylation sites (tertiary alicyclic amines) is 1. The summed E-state index contributed by atoms with van der Waals surface area (Å²) in [6.45, 7) is 2.99. The largest absolute Gasteiger partial charge is 0.348 e. The number of H-pyrrole nitrogens is 1. The molecule has 146 valence electrons. The lowest BCUT2D eigenvalue weighted by Gasteiger charge is -2.40. The van der Waals surface area contributed by atoms with E-state index in [9.17, 15) is 4.79 Å². The first-order chi connectivity index (χ1) is 13.6. The van der Waals surface area contributed by atoms with Crippen LogP contribution in [0.2, 0.25) is 0 Å². The van der Waals surface area contributed by atoms with Crippen molar-refractivity contribution in [2.24, 2.45) is 0 Å². The second-order valence-corrected chi connectivity index (χ2v) is 9.18. The standard InChI is InChI=1S/C21H25N5OS/c1-25(2)20-23-18-15(19(27)24-20)7-9-21(18)8-4-10-26(12-21)11-14-5-3-6-16-17(14)28-13-22-16/h3,5-6,13H,4,7-12H2,1-2H3,(H,23,24,27). The second kappa shape index (κ2) is 6.67. The molecule has 0 radical (unpaired) electrons. The number of anilines is 1. The molecule has 1 aliphatic heterocycles. The van der Waals surface area contributed by atoms with E-state index in [2.05, 4.69) is 33.1 Å². The Bertz CT molecular complexity index is 1090. The van der Waals surface area contributed by atoms with Crippen molar-refractivity contribution in [1.29, 1.82) is 0 Å². The zero-order chi connectivity index (χ0) is 19.3. The van der Waals surface area contributed by atoms with Gasteiger partial charge in [-0.05, 0) is 43.9 Å². The van der Waals surface area contributed by atoms with E-state index < -0.39 is 0 Å². The van der Waals surface area contributed by atoms with Crippen molar-refractivity contribution in [3.05, 3.63) is 50.9 Å². The fourth-order valence-corrected chi connectivity index (χ4v) is 5.72. The Morgan fingerprint density at radius 3 is 3.07 bits per heavy atom. The van der Waals surface area contributed by atoms with Crippen LogP contribution in [0, 0.1) is 0 Å². The van der Waals surface area contributed by atoms with Gasteiger partial charge in [0.15, 0.2) is 0 Å². The molecule has 1 saturated heterocycles. The Balaban J connectivity index is 1.47. The number of rotatable bonds is 3. The van der Waals surface area contributed by atoms with E-state index in [0.29, 0.717) is 5.95 Å². The first-order valence-electron chi connectivity index (χ1n) is 9.90. The number of piperidine rings is 1. The Labute approximate surface area is 168 Å². The molecular formula is C21H25N5OS. The summed E-state index contributed by atoms with van der Waals surface area (Å²) < 4.78 is 1.29. The van der Waals surface area contributed by atoms with Gasteiger partial charge in [-0.1, -0.05) is 12.1 Å². The number of aromatic amines is 1. The third-order valence-corrected chi connectivity index (χ3v) is 7.19. The number of hydrogen-bond donors (Lipinski definition) is 1. The third kappa shape index (κ3) is 2.84. The van der Waals surface area contributed by atoms with Crippen molar-refractivity contribution >= 4 is 27.5 Å². The second-order valence-electron chi connectivity index (χ2n) is 8.32. The van der Waals surface area contributed by atoms with Crippen molar-refractivity contribution in [2.75, 3.05) is 32.1 Å². The Morgan fingerprint density at radius 1 is 1.32 bits per heavy atom. The number of nitrogens with one attached hydrogen (secondary N) is 1. The van der Waals surface area contributed by atoms with Crippen LogP contribution in [0.4, 0.5) is 5.95 Å². The Morgan fingerprint density at radius 2 is 2.21 bits per heavy atom. The molecule has 5 rings (SSSR count). The summed E-state index contributed by atoms with van der Waals surface area (Å²) in [5, 5.41) is 0. The van der Waals surface area contributed by atoms with Gasteiger partial charge in [-0.25, -0.2) is 9.97 Å². The minimum absolute atomic E-state index is 0.00813. The van der Waals surface area contributed by atoms with Crippen LogP contribution < -0.4 is 10.5 Å². The minimum atomic E-state index is 0.00813. The van der Waals surface area contributed by atoms with Crippen LogP contribution in [0.5, 0.6) is 0 Å². The average molecular weight is 396 g/mol. The minimum Gasteiger partial charge on any atom is -0.348 e. The van der Waals surface area contributed by atoms with Crippen molar-refractivity contribution in [3.8, 4) is 0 Å². The van der Waals surface area contributed by atoms with Crippen LogP contribution in [0.15, 0.2) is 28.5 Å². The van der Waals surface area contributed by atoms with E-state index in [-0.39, 0.29) is 11.0 Å². The van der Waals surface area contributed by atoms with E-state index in [1.807, 2.05) is 24.5 Å². The highest BCUT2D eigenvalue weighted by Crippen LogP contribution is 2.43. The summed E-state index contributed by atoms with van der Waals surface area (Å²) >= 11 is 1.72. The van der Waals surface area contributed by atoms with Gasteiger partial charge < -0.3 is 4.90 Å². The van der Waals surface area contributed by atoms with E-state index in [1.165, 1.54) is 10.3 Å². The molecule has 0 bridgehead atoms. The van der Waals surface area contributed by atoms with Gasteiger partial charge in [0.25, 0.3) is 5.56 Å². The van der Waals surface area contributed by atoms with Crippen LogP contribution in [0.3, 0.4) is 0 Å². The van der Waals surface area contributed by atoms with Gasteiger partial charge in [-0.2, -0.15) is 0 Å². The molecular weight excluding hydrogens is 370 g/mol. The molecule has 28 heavy (non-hydrogen) atoms. The molecule has 2 aliphatic rings. The van der Waals surface area contributed by atoms with Crippen LogP contribution in [0.1, 0.15) is 36.1 Å². The van der Waals surface area contributed by atoms with Crippen molar-refractivity contribution in [1.82, 2.24) is 19.9 Å². The fourth-order valence-electron chi connectivity index (χ4n) is 4.92. The zero-order valence-corrected chi connectivity index (χ0v) is 17.2. The molecule has 1 aliphatic carbocycles. The number of thiazole rings is 1. The highest BCUT2D eigenvalue weighted by Gasteiger charge is 2.44. The highest BCUT2D eigenvalue weighted by atomic mass is 32.1. The average Bonchev–Trinajstić information content (AvgIpc) is 3.29. The molecule has 1 fully saturated rings. The van der Waals surface area contributed by atoms with Gasteiger partial charge in [-0.15, -0.1) is 11.3 Å². The maximum atomic E-state index is 12.6. The SMILES string of the molecule is CN(C)c1nc2c(c(=O)[nH]1)CCC21CCCN(Cc2cccc3ncsc23)C1. The van der Waals surface area contributed by atoms with Crippen LogP contribution in [0.25, 0.3) is 10.2 Å². The Kier molecular flexibility index (Phi) is 4.25. The summed E-state index contributed by atoms with van der Waals surface area (Å²) in [4.78, 5) is 29.3. The number of benzene rings is 1. The summed E-state index contributed by atoms with van der Waals surface area (Å²) in [6, 6.07) is 6.41. The normalized spacial score (nSPS) is 22.1. The van der Waals surface area contributed by atoms with E-state index in [4.69, 9.17) is 4.98 Å². The fraction of sp³-hybridized carbons (Fsp3) is 0.476. The summed E-state index contributed by atoms with van der Waals surface area (Å²) in [5.41, 5.74) is 6.36. The monoisotopic (exact) mass is 395 g/mol. The topological polar surface area (TPSA) is 65.1 Å². The van der Waals surface area contributed by atoms with Gasteiger partial charge in [0.2, 0.25) is 5.95 Å². The highest BCUT2D eigenvalue weighted by molar-refractivity contribution is 7.16. The summed E-state index contributed by atoms with van der Waals surface area (Å²) in [5.74, 6) is 0.663. The van der Waals surface area contributed by atoms with E-state index in [1.54, 1.807) is 11.3 Å². The molecule has 1 spiro atoms. The van der Waals surface area contributed by atoms with Crippen LogP contribution in [-0.2, 0) is 18.4 Å². The van der Waals surface area contributed by atoms with Gasteiger partial charge in [0.05, 0.1) is 21.4 Å². The smallest absolute Gasteiger partial charge is 0.255 e. The van der Waals surface area contributed by atoms with Crippen LogP contribution >= 0.6 is 11.3 Å². The Hall–Kier alpha value is -2.25. The van der Waals surface area contributed by atoms with Gasteiger partial charge >= 0.3 is 0 Å². The predicted molar refractivity (Wildman–Crippen MR) is 113 cm³/mol. The predicted octanol–water partition coefficient (Wildman–Crippen LogP) is 2.93.